The number of carbonyl (C=O) groups excluding carboxylic acids is 1. The zero-order chi connectivity index (χ0) is 13.7. The van der Waals surface area contributed by atoms with Crippen molar-refractivity contribution in [3.8, 4) is 0 Å². The lowest BCUT2D eigenvalue weighted by atomic mass is 10.1. The highest BCUT2D eigenvalue weighted by molar-refractivity contribution is 7.80. The maximum absolute atomic E-state index is 11.8. The third-order valence-corrected chi connectivity index (χ3v) is 4.35. The first kappa shape index (κ1) is 14.2. The Labute approximate surface area is 123 Å². The number of aryl methyl sites for hydroxylation is 1. The molecular formula is C15H17NOS2. The first-order valence-corrected chi connectivity index (χ1v) is 7.56. The molecule has 0 spiro atoms. The molecule has 0 saturated carbocycles. The van der Waals surface area contributed by atoms with E-state index in [9.17, 15) is 4.79 Å². The average Bonchev–Trinajstić information content (AvgIpc) is 2.87. The normalized spacial score (nSPS) is 10.4. The summed E-state index contributed by atoms with van der Waals surface area (Å²) in [5, 5.41) is 2.95. The van der Waals surface area contributed by atoms with E-state index < -0.39 is 0 Å². The molecule has 0 aliphatic heterocycles. The van der Waals surface area contributed by atoms with E-state index in [2.05, 4.69) is 37.0 Å². The van der Waals surface area contributed by atoms with E-state index in [1.807, 2.05) is 24.3 Å². The highest BCUT2D eigenvalue weighted by atomic mass is 32.1. The first-order chi connectivity index (χ1) is 9.17. The quantitative estimate of drug-likeness (QED) is 0.812. The van der Waals surface area contributed by atoms with Crippen molar-refractivity contribution < 1.29 is 4.79 Å². The van der Waals surface area contributed by atoms with Crippen LogP contribution in [-0.2, 0) is 24.2 Å². The summed E-state index contributed by atoms with van der Waals surface area (Å²) in [6, 6.07) is 11.9. The molecule has 1 heterocycles. The number of carbonyl (C=O) groups is 1. The van der Waals surface area contributed by atoms with Gasteiger partial charge in [-0.25, -0.2) is 0 Å². The van der Waals surface area contributed by atoms with Gasteiger partial charge in [-0.15, -0.1) is 24.0 Å². The van der Waals surface area contributed by atoms with Crippen LogP contribution >= 0.6 is 24.0 Å². The second-order valence-corrected chi connectivity index (χ2v) is 6.11. The summed E-state index contributed by atoms with van der Waals surface area (Å²) in [5.41, 5.74) is 1.01. The van der Waals surface area contributed by atoms with Crippen LogP contribution in [0.5, 0.6) is 0 Å². The Kier molecular flexibility index (Phi) is 5.05. The summed E-state index contributed by atoms with van der Waals surface area (Å²) in [6.07, 6.45) is 1.47. The van der Waals surface area contributed by atoms with Gasteiger partial charge in [-0.05, 0) is 36.2 Å². The van der Waals surface area contributed by atoms with E-state index >= 15 is 0 Å². The van der Waals surface area contributed by atoms with Gasteiger partial charge in [0, 0.05) is 14.6 Å². The SMILES string of the molecule is CCc1ccc(CNC(=O)Cc2ccc(S)cc2)s1. The molecule has 19 heavy (non-hydrogen) atoms. The van der Waals surface area contributed by atoms with E-state index in [0.29, 0.717) is 13.0 Å². The first-order valence-electron chi connectivity index (χ1n) is 6.29. The van der Waals surface area contributed by atoms with Crippen molar-refractivity contribution in [2.45, 2.75) is 31.2 Å². The minimum atomic E-state index is 0.0540. The highest BCUT2D eigenvalue weighted by Crippen LogP contribution is 2.16. The van der Waals surface area contributed by atoms with Crippen LogP contribution in [0.15, 0.2) is 41.3 Å². The molecule has 1 aromatic heterocycles. The minimum absolute atomic E-state index is 0.0540. The van der Waals surface area contributed by atoms with Crippen LogP contribution in [0, 0.1) is 0 Å². The van der Waals surface area contributed by atoms with Gasteiger partial charge in [-0.3, -0.25) is 4.79 Å². The third-order valence-electron chi connectivity index (χ3n) is 2.83. The smallest absolute Gasteiger partial charge is 0.224 e. The molecule has 0 fully saturated rings. The summed E-state index contributed by atoms with van der Waals surface area (Å²) in [7, 11) is 0. The number of thiol groups is 1. The van der Waals surface area contributed by atoms with Crippen LogP contribution in [0.2, 0.25) is 0 Å². The number of thiophene rings is 1. The van der Waals surface area contributed by atoms with Crippen molar-refractivity contribution in [3.05, 3.63) is 51.7 Å². The summed E-state index contributed by atoms with van der Waals surface area (Å²) < 4.78 is 0. The molecule has 2 aromatic rings. The van der Waals surface area contributed by atoms with Crippen molar-refractivity contribution in [3.63, 3.8) is 0 Å². The predicted molar refractivity (Wildman–Crippen MR) is 82.9 cm³/mol. The van der Waals surface area contributed by atoms with Crippen molar-refractivity contribution in [1.82, 2.24) is 5.32 Å². The molecule has 1 aromatic carbocycles. The van der Waals surface area contributed by atoms with Crippen LogP contribution in [0.25, 0.3) is 0 Å². The fraction of sp³-hybridized carbons (Fsp3) is 0.267. The average molecular weight is 291 g/mol. The lowest BCUT2D eigenvalue weighted by molar-refractivity contribution is -0.120. The van der Waals surface area contributed by atoms with E-state index in [1.54, 1.807) is 11.3 Å². The molecular weight excluding hydrogens is 274 g/mol. The van der Waals surface area contributed by atoms with Crippen LogP contribution in [-0.4, -0.2) is 5.91 Å². The van der Waals surface area contributed by atoms with E-state index in [-0.39, 0.29) is 5.91 Å². The monoisotopic (exact) mass is 291 g/mol. The largest absolute Gasteiger partial charge is 0.351 e. The van der Waals surface area contributed by atoms with Gasteiger partial charge in [0.05, 0.1) is 13.0 Å². The molecule has 4 heteroatoms. The van der Waals surface area contributed by atoms with Crippen molar-refractivity contribution >= 4 is 29.9 Å². The molecule has 0 aliphatic rings. The van der Waals surface area contributed by atoms with Gasteiger partial charge >= 0.3 is 0 Å². The number of rotatable bonds is 5. The molecule has 0 radical (unpaired) electrons. The summed E-state index contributed by atoms with van der Waals surface area (Å²) in [5.74, 6) is 0.0540. The van der Waals surface area contributed by atoms with Gasteiger partial charge in [-0.1, -0.05) is 19.1 Å². The van der Waals surface area contributed by atoms with Crippen molar-refractivity contribution in [1.29, 1.82) is 0 Å². The lowest BCUT2D eigenvalue weighted by Gasteiger charge is -2.04. The van der Waals surface area contributed by atoms with Gasteiger partial charge < -0.3 is 5.32 Å². The molecule has 1 amide bonds. The number of benzene rings is 1. The number of hydrogen-bond donors (Lipinski definition) is 2. The standard InChI is InChI=1S/C15H17NOS2/c1-2-13-7-8-14(19-13)10-16-15(17)9-11-3-5-12(18)6-4-11/h3-8,18H,2,9-10H2,1H3,(H,16,17). The number of nitrogens with one attached hydrogen (secondary N) is 1. The summed E-state index contributed by atoms with van der Waals surface area (Å²) in [4.78, 5) is 15.3. The zero-order valence-electron chi connectivity index (χ0n) is 10.8. The minimum Gasteiger partial charge on any atom is -0.351 e. The highest BCUT2D eigenvalue weighted by Gasteiger charge is 2.04. The van der Waals surface area contributed by atoms with Crippen LogP contribution in [0.3, 0.4) is 0 Å². The summed E-state index contributed by atoms with van der Waals surface area (Å²) in [6.45, 7) is 2.76. The maximum Gasteiger partial charge on any atom is 0.224 e. The van der Waals surface area contributed by atoms with Crippen LogP contribution < -0.4 is 5.32 Å². The molecule has 2 nitrogen and oxygen atoms in total. The molecule has 100 valence electrons. The molecule has 2 rings (SSSR count). The van der Waals surface area contributed by atoms with Crippen molar-refractivity contribution in [2.75, 3.05) is 0 Å². The van der Waals surface area contributed by atoms with Gasteiger partial charge in [0.15, 0.2) is 0 Å². The van der Waals surface area contributed by atoms with E-state index in [1.165, 1.54) is 9.75 Å². The Bertz CT molecular complexity index is 546. The molecule has 0 unspecified atom stereocenters. The third kappa shape index (κ3) is 4.40. The Morgan fingerprint density at radius 3 is 2.47 bits per heavy atom. The zero-order valence-corrected chi connectivity index (χ0v) is 12.6. The van der Waals surface area contributed by atoms with Gasteiger partial charge in [-0.2, -0.15) is 0 Å². The fourth-order valence-electron chi connectivity index (χ4n) is 1.75. The second kappa shape index (κ2) is 6.78. The molecule has 0 bridgehead atoms. The number of hydrogen-bond acceptors (Lipinski definition) is 3. The van der Waals surface area contributed by atoms with Gasteiger partial charge in [0.1, 0.15) is 0 Å². The molecule has 0 aliphatic carbocycles. The van der Waals surface area contributed by atoms with Gasteiger partial charge in [0.25, 0.3) is 0 Å². The lowest BCUT2D eigenvalue weighted by Crippen LogP contribution is -2.24. The van der Waals surface area contributed by atoms with Crippen molar-refractivity contribution in [2.24, 2.45) is 0 Å². The Morgan fingerprint density at radius 2 is 1.84 bits per heavy atom. The van der Waals surface area contributed by atoms with Crippen LogP contribution in [0.4, 0.5) is 0 Å². The van der Waals surface area contributed by atoms with E-state index in [4.69, 9.17) is 0 Å². The van der Waals surface area contributed by atoms with E-state index in [0.717, 1.165) is 16.9 Å². The summed E-state index contributed by atoms with van der Waals surface area (Å²) >= 11 is 5.98. The van der Waals surface area contributed by atoms with Crippen LogP contribution in [0.1, 0.15) is 22.2 Å². The maximum atomic E-state index is 11.8. The second-order valence-electron chi connectivity index (χ2n) is 4.34. The Balaban J connectivity index is 1.82. The molecule has 0 saturated heterocycles. The Morgan fingerprint density at radius 1 is 1.16 bits per heavy atom. The Hall–Kier alpha value is -1.26. The van der Waals surface area contributed by atoms with Gasteiger partial charge in [0.2, 0.25) is 5.91 Å². The molecule has 0 atom stereocenters. The topological polar surface area (TPSA) is 29.1 Å². The number of amides is 1. The fourth-order valence-corrected chi connectivity index (χ4v) is 2.80. The predicted octanol–water partition coefficient (Wildman–Crippen LogP) is 3.46. The molecule has 1 N–H and O–H groups in total.